The van der Waals surface area contributed by atoms with Crippen LogP contribution in [0.25, 0.3) is 11.1 Å². The Morgan fingerprint density at radius 2 is 1.66 bits per heavy atom. The SMILES string of the molecule is CNC(=O)CCCOc1ccc(COC(=O)C(Cc2ccc(-c3ccccc3)cc2)SC(C)=O)c(OC)c1. The third-order valence-corrected chi connectivity index (χ3v) is 6.75. The van der Waals surface area contributed by atoms with E-state index >= 15 is 0 Å². The molecule has 0 spiro atoms. The predicted molar refractivity (Wildman–Crippen MR) is 149 cm³/mol. The second kappa shape index (κ2) is 14.8. The second-order valence-electron chi connectivity index (χ2n) is 8.57. The normalized spacial score (nSPS) is 11.3. The van der Waals surface area contributed by atoms with Gasteiger partial charge in [-0.3, -0.25) is 14.4 Å². The lowest BCUT2D eigenvalue weighted by Gasteiger charge is -2.16. The van der Waals surface area contributed by atoms with Crippen LogP contribution in [-0.4, -0.2) is 43.0 Å². The highest BCUT2D eigenvalue weighted by atomic mass is 32.2. The molecule has 1 unspecified atom stereocenters. The molecule has 0 aromatic heterocycles. The van der Waals surface area contributed by atoms with E-state index in [2.05, 4.69) is 5.32 Å². The Balaban J connectivity index is 1.59. The van der Waals surface area contributed by atoms with Crippen LogP contribution in [0.4, 0.5) is 0 Å². The first-order valence-electron chi connectivity index (χ1n) is 12.4. The summed E-state index contributed by atoms with van der Waals surface area (Å²) in [5.74, 6) is 0.620. The molecule has 3 rings (SSSR count). The van der Waals surface area contributed by atoms with Crippen molar-refractivity contribution in [1.82, 2.24) is 5.32 Å². The van der Waals surface area contributed by atoms with Gasteiger partial charge < -0.3 is 19.5 Å². The molecule has 1 amide bonds. The van der Waals surface area contributed by atoms with Crippen molar-refractivity contribution < 1.29 is 28.6 Å². The fraction of sp³-hybridized carbons (Fsp3) is 0.300. The molecule has 200 valence electrons. The molecule has 0 aliphatic rings. The maximum Gasteiger partial charge on any atom is 0.320 e. The van der Waals surface area contributed by atoms with Gasteiger partial charge >= 0.3 is 5.97 Å². The zero-order valence-electron chi connectivity index (χ0n) is 21.9. The highest BCUT2D eigenvalue weighted by Crippen LogP contribution is 2.27. The van der Waals surface area contributed by atoms with Crippen LogP contribution < -0.4 is 14.8 Å². The maximum atomic E-state index is 13.0. The third-order valence-electron chi connectivity index (χ3n) is 5.78. The standard InChI is InChI=1S/C30H33NO6S/c1-21(32)38-28(18-22-11-13-24(14-12-22)23-8-5-4-6-9-23)30(34)37-20-25-15-16-26(19-27(25)35-3)36-17-7-10-29(33)31-2/h4-6,8-9,11-16,19,28H,7,10,17-18,20H2,1-3H3,(H,31,33). The number of rotatable bonds is 13. The smallest absolute Gasteiger partial charge is 0.320 e. The van der Waals surface area contributed by atoms with Crippen LogP contribution in [0.15, 0.2) is 72.8 Å². The Labute approximate surface area is 227 Å². The summed E-state index contributed by atoms with van der Waals surface area (Å²) in [6.45, 7) is 1.84. The van der Waals surface area contributed by atoms with Crippen LogP contribution in [-0.2, 0) is 32.1 Å². The van der Waals surface area contributed by atoms with Crippen molar-refractivity contribution in [3.63, 3.8) is 0 Å². The van der Waals surface area contributed by atoms with Crippen molar-refractivity contribution in [3.8, 4) is 22.6 Å². The van der Waals surface area contributed by atoms with Gasteiger partial charge in [0.15, 0.2) is 5.12 Å². The quantitative estimate of drug-likeness (QED) is 0.238. The first-order chi connectivity index (χ1) is 18.4. The Morgan fingerprint density at radius 3 is 2.32 bits per heavy atom. The molecule has 0 aliphatic carbocycles. The molecule has 7 nitrogen and oxygen atoms in total. The van der Waals surface area contributed by atoms with E-state index in [9.17, 15) is 14.4 Å². The van der Waals surface area contributed by atoms with Crippen LogP contribution in [0.2, 0.25) is 0 Å². The maximum absolute atomic E-state index is 13.0. The molecule has 1 N–H and O–H groups in total. The summed E-state index contributed by atoms with van der Waals surface area (Å²) in [6.07, 6.45) is 1.35. The van der Waals surface area contributed by atoms with Crippen LogP contribution in [0.3, 0.4) is 0 Å². The molecular weight excluding hydrogens is 502 g/mol. The van der Waals surface area contributed by atoms with E-state index in [1.54, 1.807) is 25.2 Å². The monoisotopic (exact) mass is 535 g/mol. The first kappa shape index (κ1) is 28.8. The van der Waals surface area contributed by atoms with Gasteiger partial charge in [0, 0.05) is 32.0 Å². The summed E-state index contributed by atoms with van der Waals surface area (Å²) in [4.78, 5) is 36.2. The lowest BCUT2D eigenvalue weighted by Crippen LogP contribution is -2.24. The van der Waals surface area contributed by atoms with Crippen LogP contribution in [0.1, 0.15) is 30.9 Å². The van der Waals surface area contributed by atoms with Gasteiger partial charge in [-0.2, -0.15) is 0 Å². The molecule has 8 heteroatoms. The van der Waals surface area contributed by atoms with E-state index in [1.807, 2.05) is 54.6 Å². The van der Waals surface area contributed by atoms with E-state index in [4.69, 9.17) is 14.2 Å². The number of hydrogen-bond acceptors (Lipinski definition) is 7. The Kier molecular flexibility index (Phi) is 11.2. The lowest BCUT2D eigenvalue weighted by atomic mass is 10.0. The zero-order valence-corrected chi connectivity index (χ0v) is 22.7. The number of carbonyl (C=O) groups is 3. The second-order valence-corrected chi connectivity index (χ2v) is 9.95. The van der Waals surface area contributed by atoms with Crippen molar-refractivity contribution in [2.75, 3.05) is 20.8 Å². The molecule has 0 radical (unpaired) electrons. The summed E-state index contributed by atoms with van der Waals surface area (Å²) in [6, 6.07) is 23.3. The minimum Gasteiger partial charge on any atom is -0.496 e. The first-order valence-corrected chi connectivity index (χ1v) is 13.3. The van der Waals surface area contributed by atoms with E-state index < -0.39 is 11.2 Å². The van der Waals surface area contributed by atoms with Gasteiger partial charge in [-0.1, -0.05) is 66.4 Å². The minimum absolute atomic E-state index is 0.000861. The molecule has 0 aliphatic heterocycles. The van der Waals surface area contributed by atoms with Crippen LogP contribution in [0, 0.1) is 0 Å². The number of esters is 1. The molecule has 0 saturated carbocycles. The predicted octanol–water partition coefficient (Wildman–Crippen LogP) is 5.20. The molecule has 1 atom stereocenters. The number of thioether (sulfide) groups is 1. The Bertz CT molecular complexity index is 1210. The summed E-state index contributed by atoms with van der Waals surface area (Å²) in [5, 5.41) is 1.76. The van der Waals surface area contributed by atoms with Gasteiger partial charge in [-0.05, 0) is 41.7 Å². The van der Waals surface area contributed by atoms with Crippen molar-refractivity contribution >= 4 is 28.8 Å². The zero-order chi connectivity index (χ0) is 27.3. The fourth-order valence-electron chi connectivity index (χ4n) is 3.77. The molecule has 0 bridgehead atoms. The molecular formula is C30H33NO6S. The third kappa shape index (κ3) is 8.95. The molecule has 38 heavy (non-hydrogen) atoms. The summed E-state index contributed by atoms with van der Waals surface area (Å²) in [7, 11) is 3.13. The molecule has 0 fully saturated rings. The van der Waals surface area contributed by atoms with Crippen LogP contribution in [0.5, 0.6) is 11.5 Å². The molecule has 0 saturated heterocycles. The number of benzene rings is 3. The van der Waals surface area contributed by atoms with Gasteiger partial charge in [0.25, 0.3) is 0 Å². The summed E-state index contributed by atoms with van der Waals surface area (Å²) < 4.78 is 16.8. The topological polar surface area (TPSA) is 90.9 Å². The number of nitrogens with one attached hydrogen (secondary N) is 1. The van der Waals surface area contributed by atoms with Crippen LogP contribution >= 0.6 is 11.8 Å². The van der Waals surface area contributed by atoms with E-state index in [0.29, 0.717) is 42.9 Å². The van der Waals surface area contributed by atoms with Crippen molar-refractivity contribution in [2.45, 2.75) is 38.0 Å². The summed E-state index contributed by atoms with van der Waals surface area (Å²) >= 11 is 0.972. The van der Waals surface area contributed by atoms with Gasteiger partial charge in [-0.15, -0.1) is 0 Å². The van der Waals surface area contributed by atoms with E-state index in [1.165, 1.54) is 14.0 Å². The number of ether oxygens (including phenoxy) is 3. The average molecular weight is 536 g/mol. The Hall–Kier alpha value is -3.78. The minimum atomic E-state index is -0.663. The fourth-order valence-corrected chi connectivity index (χ4v) is 4.62. The van der Waals surface area contributed by atoms with Gasteiger partial charge in [0.05, 0.1) is 13.7 Å². The molecule has 3 aromatic carbocycles. The Morgan fingerprint density at radius 1 is 0.947 bits per heavy atom. The van der Waals surface area contributed by atoms with E-state index in [0.717, 1.165) is 28.5 Å². The number of hydrogen-bond donors (Lipinski definition) is 1. The average Bonchev–Trinajstić information content (AvgIpc) is 2.94. The number of amides is 1. The summed E-state index contributed by atoms with van der Waals surface area (Å²) in [5.41, 5.74) is 3.81. The molecule has 0 heterocycles. The van der Waals surface area contributed by atoms with Crippen molar-refractivity contribution in [3.05, 3.63) is 83.9 Å². The van der Waals surface area contributed by atoms with E-state index in [-0.39, 0.29) is 17.6 Å². The number of carbonyl (C=O) groups excluding carboxylic acids is 3. The highest BCUT2D eigenvalue weighted by molar-refractivity contribution is 8.14. The van der Waals surface area contributed by atoms with Crippen molar-refractivity contribution in [2.24, 2.45) is 0 Å². The lowest BCUT2D eigenvalue weighted by molar-refractivity contribution is -0.144. The van der Waals surface area contributed by atoms with Gasteiger partial charge in [0.2, 0.25) is 5.91 Å². The molecule has 3 aromatic rings. The number of methoxy groups -OCH3 is 1. The van der Waals surface area contributed by atoms with Crippen molar-refractivity contribution in [1.29, 1.82) is 0 Å². The largest absolute Gasteiger partial charge is 0.496 e. The highest BCUT2D eigenvalue weighted by Gasteiger charge is 2.24. The van der Waals surface area contributed by atoms with Gasteiger partial charge in [0.1, 0.15) is 23.4 Å². The van der Waals surface area contributed by atoms with Gasteiger partial charge in [-0.25, -0.2) is 0 Å².